The van der Waals surface area contributed by atoms with E-state index in [-0.39, 0.29) is 17.9 Å². The van der Waals surface area contributed by atoms with Crippen LogP contribution in [0.2, 0.25) is 0 Å². The molecule has 1 saturated carbocycles. The van der Waals surface area contributed by atoms with E-state index < -0.39 is 0 Å². The summed E-state index contributed by atoms with van der Waals surface area (Å²) in [6, 6.07) is 0.443. The fourth-order valence-electron chi connectivity index (χ4n) is 4.35. The van der Waals surface area contributed by atoms with Crippen molar-refractivity contribution >= 4 is 5.91 Å². The number of nitrogens with one attached hydrogen (secondary N) is 2. The molecule has 2 aliphatic rings. The third-order valence-electron chi connectivity index (χ3n) is 4.69. The molecule has 0 radical (unpaired) electrons. The minimum absolute atomic E-state index is 0.0480. The van der Waals surface area contributed by atoms with E-state index in [1.54, 1.807) is 0 Å². The third-order valence-corrected chi connectivity index (χ3v) is 4.69. The minimum Gasteiger partial charge on any atom is -0.379 e. The van der Waals surface area contributed by atoms with E-state index in [1.807, 2.05) is 7.05 Å². The van der Waals surface area contributed by atoms with Gasteiger partial charge in [0, 0.05) is 12.1 Å². The van der Waals surface area contributed by atoms with Gasteiger partial charge >= 0.3 is 0 Å². The van der Waals surface area contributed by atoms with E-state index >= 15 is 0 Å². The van der Waals surface area contributed by atoms with Gasteiger partial charge in [-0.2, -0.15) is 0 Å². The number of ether oxygens (including phenoxy) is 1. The second-order valence-electron chi connectivity index (χ2n) is 8.16. The maximum Gasteiger partial charge on any atom is 0.227 e. The first-order valence-electron chi connectivity index (χ1n) is 7.78. The molecule has 2 rings (SSSR count). The van der Waals surface area contributed by atoms with Crippen LogP contribution < -0.4 is 10.6 Å². The molecule has 1 amide bonds. The molecule has 1 saturated heterocycles. The quantitative estimate of drug-likeness (QED) is 0.832. The molecule has 1 heterocycles. The van der Waals surface area contributed by atoms with Gasteiger partial charge in [-0.25, -0.2) is 0 Å². The predicted molar refractivity (Wildman–Crippen MR) is 80.5 cm³/mol. The molecule has 2 N–H and O–H groups in total. The first-order valence-corrected chi connectivity index (χ1v) is 7.78. The number of carbonyl (C=O) groups excluding carboxylic acids is 1. The molecule has 2 atom stereocenters. The van der Waals surface area contributed by atoms with Gasteiger partial charge in [0.2, 0.25) is 5.91 Å². The molecular weight excluding hydrogens is 252 g/mol. The lowest BCUT2D eigenvalue weighted by Crippen LogP contribution is -2.50. The van der Waals surface area contributed by atoms with Crippen molar-refractivity contribution in [3.8, 4) is 0 Å². The molecular formula is C16H30N2O2. The van der Waals surface area contributed by atoms with Crippen molar-refractivity contribution in [1.82, 2.24) is 10.6 Å². The van der Waals surface area contributed by atoms with Crippen molar-refractivity contribution in [3.05, 3.63) is 0 Å². The van der Waals surface area contributed by atoms with Crippen LogP contribution in [-0.2, 0) is 9.53 Å². The molecule has 116 valence electrons. The zero-order valence-corrected chi connectivity index (χ0v) is 13.6. The molecule has 2 fully saturated rings. The summed E-state index contributed by atoms with van der Waals surface area (Å²) >= 11 is 0. The first-order chi connectivity index (χ1) is 9.22. The Bertz CT molecular complexity index is 349. The largest absolute Gasteiger partial charge is 0.379 e. The lowest BCUT2D eigenvalue weighted by Gasteiger charge is -2.45. The van der Waals surface area contributed by atoms with Crippen LogP contribution in [0.25, 0.3) is 0 Å². The van der Waals surface area contributed by atoms with Gasteiger partial charge in [0.1, 0.15) is 0 Å². The molecule has 4 heteroatoms. The van der Waals surface area contributed by atoms with Gasteiger partial charge in [0.05, 0.1) is 19.1 Å². The van der Waals surface area contributed by atoms with Gasteiger partial charge in [-0.15, -0.1) is 0 Å². The summed E-state index contributed by atoms with van der Waals surface area (Å²) in [6.45, 7) is 10.4. The highest BCUT2D eigenvalue weighted by Crippen LogP contribution is 2.45. The summed E-state index contributed by atoms with van der Waals surface area (Å²) in [5.74, 6) is 0.105. The molecule has 2 unspecified atom stereocenters. The summed E-state index contributed by atoms with van der Waals surface area (Å²) in [7, 11) is 1.90. The Hall–Kier alpha value is -0.610. The lowest BCUT2D eigenvalue weighted by molar-refractivity contribution is -0.127. The van der Waals surface area contributed by atoms with Gasteiger partial charge in [-0.3, -0.25) is 4.79 Å². The van der Waals surface area contributed by atoms with Gasteiger partial charge in [-0.05, 0) is 37.1 Å². The van der Waals surface area contributed by atoms with Gasteiger partial charge in [-0.1, -0.05) is 27.7 Å². The van der Waals surface area contributed by atoms with E-state index in [0.29, 0.717) is 30.1 Å². The van der Waals surface area contributed by atoms with Crippen molar-refractivity contribution in [2.45, 2.75) is 59.0 Å². The number of likely N-dealkylation sites (N-methyl/N-ethyl adjacent to an activating group) is 1. The van der Waals surface area contributed by atoms with Crippen LogP contribution in [0.15, 0.2) is 0 Å². The Morgan fingerprint density at radius 2 is 1.70 bits per heavy atom. The number of carbonyl (C=O) groups is 1. The molecule has 1 aliphatic carbocycles. The zero-order chi connectivity index (χ0) is 15.0. The summed E-state index contributed by atoms with van der Waals surface area (Å²) in [6.07, 6.45) is 3.36. The average Bonchev–Trinajstić information content (AvgIpc) is 2.71. The SMILES string of the molecule is CNC1COCC1C(=O)NC1CC(C)(C)CC(C)(C)C1. The van der Waals surface area contributed by atoms with Crippen LogP contribution in [-0.4, -0.2) is 38.3 Å². The monoisotopic (exact) mass is 282 g/mol. The first kappa shape index (κ1) is 15.8. The van der Waals surface area contributed by atoms with E-state index in [1.165, 1.54) is 6.42 Å². The molecule has 0 aromatic carbocycles. The molecule has 0 aromatic rings. The van der Waals surface area contributed by atoms with Crippen molar-refractivity contribution in [2.24, 2.45) is 16.7 Å². The Kier molecular flexibility index (Phi) is 4.45. The Balaban J connectivity index is 1.97. The zero-order valence-electron chi connectivity index (χ0n) is 13.6. The van der Waals surface area contributed by atoms with Crippen LogP contribution in [0.1, 0.15) is 47.0 Å². The summed E-state index contributed by atoms with van der Waals surface area (Å²) in [5.41, 5.74) is 0.600. The number of rotatable bonds is 3. The molecule has 0 aromatic heterocycles. The van der Waals surface area contributed by atoms with Crippen molar-refractivity contribution < 1.29 is 9.53 Å². The normalized spacial score (nSPS) is 33.0. The standard InChI is InChI=1S/C16H30N2O2/c1-15(2)6-11(7-16(3,4)10-15)18-14(19)12-8-20-9-13(12)17-5/h11-13,17H,6-10H2,1-5H3,(H,18,19). The molecule has 1 aliphatic heterocycles. The number of amides is 1. The van der Waals surface area contributed by atoms with Gasteiger partial charge in [0.25, 0.3) is 0 Å². The molecule has 4 nitrogen and oxygen atoms in total. The van der Waals surface area contributed by atoms with E-state index in [0.717, 1.165) is 12.8 Å². The van der Waals surface area contributed by atoms with Crippen molar-refractivity contribution in [2.75, 3.05) is 20.3 Å². The molecule has 0 bridgehead atoms. The Morgan fingerprint density at radius 1 is 1.10 bits per heavy atom. The number of hydrogen-bond acceptors (Lipinski definition) is 3. The smallest absolute Gasteiger partial charge is 0.227 e. The lowest BCUT2D eigenvalue weighted by atomic mass is 9.63. The second-order valence-corrected chi connectivity index (χ2v) is 8.16. The summed E-state index contributed by atoms with van der Waals surface area (Å²) < 4.78 is 5.43. The van der Waals surface area contributed by atoms with Crippen LogP contribution in [0.5, 0.6) is 0 Å². The molecule has 20 heavy (non-hydrogen) atoms. The van der Waals surface area contributed by atoms with E-state index in [9.17, 15) is 4.79 Å². The van der Waals surface area contributed by atoms with Crippen LogP contribution in [0.3, 0.4) is 0 Å². The topological polar surface area (TPSA) is 50.4 Å². The predicted octanol–water partition coefficient (Wildman–Crippen LogP) is 1.94. The summed E-state index contributed by atoms with van der Waals surface area (Å²) in [5, 5.41) is 6.46. The highest BCUT2D eigenvalue weighted by molar-refractivity contribution is 5.80. The second kappa shape index (κ2) is 5.64. The van der Waals surface area contributed by atoms with Crippen molar-refractivity contribution in [3.63, 3.8) is 0 Å². The van der Waals surface area contributed by atoms with Gasteiger partial charge in [0.15, 0.2) is 0 Å². The summed E-state index contributed by atoms with van der Waals surface area (Å²) in [4.78, 5) is 12.5. The maximum absolute atomic E-state index is 12.5. The minimum atomic E-state index is -0.0480. The Morgan fingerprint density at radius 3 is 2.25 bits per heavy atom. The molecule has 0 spiro atoms. The number of hydrogen-bond donors (Lipinski definition) is 2. The van der Waals surface area contributed by atoms with Crippen LogP contribution in [0, 0.1) is 16.7 Å². The van der Waals surface area contributed by atoms with Crippen LogP contribution >= 0.6 is 0 Å². The van der Waals surface area contributed by atoms with Crippen molar-refractivity contribution in [1.29, 1.82) is 0 Å². The maximum atomic E-state index is 12.5. The van der Waals surface area contributed by atoms with E-state index in [2.05, 4.69) is 38.3 Å². The van der Waals surface area contributed by atoms with E-state index in [4.69, 9.17) is 4.74 Å². The highest BCUT2D eigenvalue weighted by Gasteiger charge is 2.40. The Labute approximate surface area is 123 Å². The third kappa shape index (κ3) is 3.73. The van der Waals surface area contributed by atoms with Gasteiger partial charge < -0.3 is 15.4 Å². The van der Waals surface area contributed by atoms with Crippen LogP contribution in [0.4, 0.5) is 0 Å². The average molecular weight is 282 g/mol. The fraction of sp³-hybridized carbons (Fsp3) is 0.938. The fourth-order valence-corrected chi connectivity index (χ4v) is 4.35. The highest BCUT2D eigenvalue weighted by atomic mass is 16.5.